The van der Waals surface area contributed by atoms with Crippen LogP contribution < -0.4 is 10.1 Å². The second-order valence-electron chi connectivity index (χ2n) is 5.04. The molecule has 0 spiro atoms. The molecular weight excluding hydrogens is 276 g/mol. The van der Waals surface area contributed by atoms with Crippen LogP contribution in [0.5, 0.6) is 5.75 Å². The summed E-state index contributed by atoms with van der Waals surface area (Å²) in [5.41, 5.74) is -0.178. The monoisotopic (exact) mass is 294 g/mol. The number of aliphatic hydroxyl groups excluding tert-OH is 1. The number of nitrogens with zero attached hydrogens (tertiary/aromatic N) is 1. The molecule has 0 bridgehead atoms. The van der Waals surface area contributed by atoms with Crippen molar-refractivity contribution in [2.75, 3.05) is 6.61 Å². The number of amides is 1. The number of hydrogen-bond donors (Lipinski definition) is 2. The molecule has 7 heteroatoms. The van der Waals surface area contributed by atoms with Crippen molar-refractivity contribution < 1.29 is 19.6 Å². The first-order valence-corrected chi connectivity index (χ1v) is 6.91. The summed E-state index contributed by atoms with van der Waals surface area (Å²) < 4.78 is 5.20. The van der Waals surface area contributed by atoms with E-state index < -0.39 is 11.0 Å². The summed E-state index contributed by atoms with van der Waals surface area (Å²) in [4.78, 5) is 22.1. The molecule has 1 saturated carbocycles. The highest BCUT2D eigenvalue weighted by Crippen LogP contribution is 2.25. The number of carbonyl (C=O) groups is 1. The molecule has 2 atom stereocenters. The Balaban J connectivity index is 1.88. The molecule has 2 rings (SSSR count). The second-order valence-corrected chi connectivity index (χ2v) is 5.04. The lowest BCUT2D eigenvalue weighted by atomic mass is 9.92. The van der Waals surface area contributed by atoms with Crippen LogP contribution in [0, 0.1) is 10.1 Å². The number of aliphatic hydroxyl groups is 1. The van der Waals surface area contributed by atoms with Gasteiger partial charge in [0.2, 0.25) is 0 Å². The van der Waals surface area contributed by atoms with Crippen molar-refractivity contribution in [2.24, 2.45) is 0 Å². The summed E-state index contributed by atoms with van der Waals surface area (Å²) in [6.07, 6.45) is 2.80. The molecule has 1 fully saturated rings. The zero-order valence-electron chi connectivity index (χ0n) is 11.5. The van der Waals surface area contributed by atoms with E-state index >= 15 is 0 Å². The van der Waals surface area contributed by atoms with Gasteiger partial charge in [0, 0.05) is 6.07 Å². The largest absolute Gasteiger partial charge is 0.477 e. The van der Waals surface area contributed by atoms with Crippen LogP contribution in [0.4, 0.5) is 5.69 Å². The number of benzene rings is 1. The second kappa shape index (κ2) is 7.03. The van der Waals surface area contributed by atoms with Crippen molar-refractivity contribution in [3.8, 4) is 5.75 Å². The van der Waals surface area contributed by atoms with Crippen molar-refractivity contribution in [1.29, 1.82) is 0 Å². The number of carbonyl (C=O) groups excluding carboxylic acids is 1. The molecule has 1 amide bonds. The normalized spacial score (nSPS) is 21.6. The van der Waals surface area contributed by atoms with E-state index in [0.717, 1.165) is 19.3 Å². The number of ether oxygens (including phenoxy) is 1. The standard InChI is InChI=1S/C14H18N2O5/c17-12-7-3-1-5-10(12)15-14(18)9-21-13-8-4-2-6-11(13)16(19)20/h2,4,6,8,10,12,17H,1,3,5,7,9H2,(H,15,18)/t10-,12-/m1/s1. The molecule has 1 aliphatic rings. The first-order valence-electron chi connectivity index (χ1n) is 6.91. The fourth-order valence-corrected chi connectivity index (χ4v) is 2.40. The molecule has 0 aromatic heterocycles. The number of nitrogens with one attached hydrogen (secondary N) is 1. The number of hydrogen-bond acceptors (Lipinski definition) is 5. The van der Waals surface area contributed by atoms with Gasteiger partial charge in [0.25, 0.3) is 5.91 Å². The summed E-state index contributed by atoms with van der Waals surface area (Å²) in [5, 5.41) is 23.3. The van der Waals surface area contributed by atoms with E-state index in [0.29, 0.717) is 6.42 Å². The summed E-state index contributed by atoms with van der Waals surface area (Å²) >= 11 is 0. The van der Waals surface area contributed by atoms with E-state index in [1.165, 1.54) is 18.2 Å². The Morgan fingerprint density at radius 2 is 2.10 bits per heavy atom. The Labute approximate surface area is 122 Å². The predicted octanol–water partition coefficient (Wildman–Crippen LogP) is 1.39. The minimum absolute atomic E-state index is 0.0573. The first-order chi connectivity index (χ1) is 10.1. The third kappa shape index (κ3) is 4.16. The van der Waals surface area contributed by atoms with E-state index in [1.54, 1.807) is 6.07 Å². The molecule has 0 aliphatic heterocycles. The van der Waals surface area contributed by atoms with Gasteiger partial charge in [-0.1, -0.05) is 25.0 Å². The Kier molecular flexibility index (Phi) is 5.10. The van der Waals surface area contributed by atoms with E-state index in [2.05, 4.69) is 5.32 Å². The van der Waals surface area contributed by atoms with Crippen molar-refractivity contribution in [3.63, 3.8) is 0 Å². The maximum atomic E-state index is 11.8. The zero-order chi connectivity index (χ0) is 15.2. The van der Waals surface area contributed by atoms with E-state index in [-0.39, 0.29) is 30.0 Å². The number of nitro groups is 1. The van der Waals surface area contributed by atoms with Gasteiger partial charge in [-0.3, -0.25) is 14.9 Å². The number of para-hydroxylation sites is 2. The van der Waals surface area contributed by atoms with Crippen molar-refractivity contribution in [3.05, 3.63) is 34.4 Å². The van der Waals surface area contributed by atoms with Crippen LogP contribution in [0.25, 0.3) is 0 Å². The summed E-state index contributed by atoms with van der Waals surface area (Å²) in [6, 6.07) is 5.63. The van der Waals surface area contributed by atoms with Gasteiger partial charge in [-0.25, -0.2) is 0 Å². The van der Waals surface area contributed by atoms with Crippen molar-refractivity contribution in [1.82, 2.24) is 5.32 Å². The maximum absolute atomic E-state index is 11.8. The first kappa shape index (κ1) is 15.2. The predicted molar refractivity (Wildman–Crippen MR) is 75.0 cm³/mol. The molecule has 0 heterocycles. The highest BCUT2D eigenvalue weighted by Gasteiger charge is 2.24. The van der Waals surface area contributed by atoms with E-state index in [9.17, 15) is 20.0 Å². The van der Waals surface area contributed by atoms with Crippen molar-refractivity contribution >= 4 is 11.6 Å². The highest BCUT2D eigenvalue weighted by molar-refractivity contribution is 5.78. The number of rotatable bonds is 5. The lowest BCUT2D eigenvalue weighted by Gasteiger charge is -2.28. The third-order valence-corrected chi connectivity index (χ3v) is 3.50. The van der Waals surface area contributed by atoms with Gasteiger partial charge in [-0.05, 0) is 18.9 Å². The topological polar surface area (TPSA) is 102 Å². The van der Waals surface area contributed by atoms with Crippen molar-refractivity contribution in [2.45, 2.75) is 37.8 Å². The SMILES string of the molecule is O=C(COc1ccccc1[N+](=O)[O-])N[C@@H]1CCCC[C@H]1O. The van der Waals surface area contributed by atoms with Crippen LogP contribution in [-0.4, -0.2) is 34.7 Å². The molecule has 7 nitrogen and oxygen atoms in total. The molecule has 114 valence electrons. The lowest BCUT2D eigenvalue weighted by molar-refractivity contribution is -0.385. The van der Waals surface area contributed by atoms with Gasteiger partial charge in [0.05, 0.1) is 17.1 Å². The molecule has 0 unspecified atom stereocenters. The van der Waals surface area contributed by atoms with Crippen LogP contribution >= 0.6 is 0 Å². The Hall–Kier alpha value is -2.15. The quantitative estimate of drug-likeness (QED) is 0.631. The minimum atomic E-state index is -0.557. The molecule has 1 aromatic carbocycles. The summed E-state index contributed by atoms with van der Waals surface area (Å²) in [5.74, 6) is -0.332. The molecule has 2 N–H and O–H groups in total. The molecular formula is C14H18N2O5. The van der Waals surface area contributed by atoms with Crippen LogP contribution in [0.3, 0.4) is 0 Å². The van der Waals surface area contributed by atoms with Gasteiger partial charge in [-0.2, -0.15) is 0 Å². The van der Waals surface area contributed by atoms with E-state index in [1.807, 2.05) is 0 Å². The van der Waals surface area contributed by atoms with Crippen LogP contribution in [0.15, 0.2) is 24.3 Å². The molecule has 1 aromatic rings. The fourth-order valence-electron chi connectivity index (χ4n) is 2.40. The van der Waals surface area contributed by atoms with Gasteiger partial charge < -0.3 is 15.2 Å². The smallest absolute Gasteiger partial charge is 0.310 e. The van der Waals surface area contributed by atoms with Gasteiger partial charge in [-0.15, -0.1) is 0 Å². The van der Waals surface area contributed by atoms with Gasteiger partial charge in [0.1, 0.15) is 0 Å². The molecule has 1 aliphatic carbocycles. The van der Waals surface area contributed by atoms with E-state index in [4.69, 9.17) is 4.74 Å². The molecule has 21 heavy (non-hydrogen) atoms. The van der Waals surface area contributed by atoms with Gasteiger partial charge in [0.15, 0.2) is 12.4 Å². The minimum Gasteiger partial charge on any atom is -0.477 e. The summed E-state index contributed by atoms with van der Waals surface area (Å²) in [7, 11) is 0. The van der Waals surface area contributed by atoms with Crippen LogP contribution in [0.2, 0.25) is 0 Å². The molecule has 0 saturated heterocycles. The van der Waals surface area contributed by atoms with Crippen LogP contribution in [-0.2, 0) is 4.79 Å². The maximum Gasteiger partial charge on any atom is 0.310 e. The number of nitro benzene ring substituents is 1. The summed E-state index contributed by atoms with van der Waals surface area (Å²) in [6.45, 7) is -0.311. The van der Waals surface area contributed by atoms with Crippen LogP contribution in [0.1, 0.15) is 25.7 Å². The average Bonchev–Trinajstić information content (AvgIpc) is 2.48. The van der Waals surface area contributed by atoms with Gasteiger partial charge >= 0.3 is 5.69 Å². The fraction of sp³-hybridized carbons (Fsp3) is 0.500. The average molecular weight is 294 g/mol. The Morgan fingerprint density at radius 1 is 1.38 bits per heavy atom. The lowest BCUT2D eigenvalue weighted by Crippen LogP contribution is -2.46. The zero-order valence-corrected chi connectivity index (χ0v) is 11.5. The Bertz CT molecular complexity index is 520. The highest BCUT2D eigenvalue weighted by atomic mass is 16.6. The Morgan fingerprint density at radius 3 is 2.81 bits per heavy atom. The molecule has 0 radical (unpaired) electrons. The third-order valence-electron chi connectivity index (χ3n) is 3.50.